The van der Waals surface area contributed by atoms with E-state index in [4.69, 9.17) is 0 Å². The summed E-state index contributed by atoms with van der Waals surface area (Å²) in [4.78, 5) is 11.8. The number of nitrogens with one attached hydrogen (secondary N) is 1. The van der Waals surface area contributed by atoms with E-state index in [0.717, 1.165) is 32.1 Å². The van der Waals surface area contributed by atoms with Gasteiger partial charge in [0, 0.05) is 6.42 Å². The molecule has 1 amide bonds. The largest absolute Gasteiger partial charge is 0.394 e. The van der Waals surface area contributed by atoms with Gasteiger partial charge in [-0.15, -0.1) is 0 Å². The molecule has 0 aliphatic rings. The molecule has 0 fully saturated rings. The second-order valence-corrected chi connectivity index (χ2v) is 9.11. The zero-order valence-corrected chi connectivity index (χ0v) is 21.2. The van der Waals surface area contributed by atoms with Crippen LogP contribution in [0.3, 0.4) is 0 Å². The Bertz CT molecular complexity index is 462. The Labute approximate surface area is 199 Å². The third-order valence-corrected chi connectivity index (χ3v) is 5.94. The van der Waals surface area contributed by atoms with Crippen LogP contribution in [-0.4, -0.2) is 34.9 Å². The molecule has 0 saturated heterocycles. The first kappa shape index (κ1) is 30.9. The second-order valence-electron chi connectivity index (χ2n) is 9.11. The molecule has 0 rings (SSSR count). The highest BCUT2D eigenvalue weighted by molar-refractivity contribution is 5.76. The van der Waals surface area contributed by atoms with Gasteiger partial charge in [-0.25, -0.2) is 0 Å². The van der Waals surface area contributed by atoms with E-state index in [1.165, 1.54) is 77.0 Å². The van der Waals surface area contributed by atoms with Crippen LogP contribution in [0.5, 0.6) is 0 Å². The zero-order valence-electron chi connectivity index (χ0n) is 21.2. The lowest BCUT2D eigenvalue weighted by atomic mass is 10.0. The van der Waals surface area contributed by atoms with E-state index in [-0.39, 0.29) is 12.5 Å². The van der Waals surface area contributed by atoms with Crippen LogP contribution in [-0.2, 0) is 4.79 Å². The van der Waals surface area contributed by atoms with E-state index in [2.05, 4.69) is 24.4 Å². The minimum atomic E-state index is -0.851. The number of hydrogen-bond donors (Lipinski definition) is 3. The van der Waals surface area contributed by atoms with E-state index in [9.17, 15) is 15.0 Å². The van der Waals surface area contributed by atoms with Crippen LogP contribution in [0.25, 0.3) is 0 Å². The lowest BCUT2D eigenvalue weighted by molar-refractivity contribution is -0.122. The lowest BCUT2D eigenvalue weighted by Crippen LogP contribution is -2.45. The molecule has 4 nitrogen and oxygen atoms in total. The molecule has 0 aromatic carbocycles. The highest BCUT2D eigenvalue weighted by Gasteiger charge is 2.17. The van der Waals surface area contributed by atoms with E-state index in [0.29, 0.717) is 6.42 Å². The van der Waals surface area contributed by atoms with Gasteiger partial charge >= 0.3 is 0 Å². The highest BCUT2D eigenvalue weighted by Crippen LogP contribution is 2.12. The maximum atomic E-state index is 11.8. The summed E-state index contributed by atoms with van der Waals surface area (Å²) in [6.07, 6.45) is 29.0. The average molecular weight is 452 g/mol. The van der Waals surface area contributed by atoms with Crippen molar-refractivity contribution >= 4 is 5.91 Å². The van der Waals surface area contributed by atoms with E-state index in [1.54, 1.807) is 6.08 Å². The van der Waals surface area contributed by atoms with Gasteiger partial charge in [0.05, 0.1) is 18.8 Å². The molecule has 0 radical (unpaired) electrons. The van der Waals surface area contributed by atoms with Crippen LogP contribution >= 0.6 is 0 Å². The quantitative estimate of drug-likeness (QED) is 0.116. The first-order valence-electron chi connectivity index (χ1n) is 13.6. The minimum Gasteiger partial charge on any atom is -0.394 e. The minimum absolute atomic E-state index is 0.112. The molecule has 3 N–H and O–H groups in total. The molecule has 0 aromatic heterocycles. The third-order valence-electron chi connectivity index (χ3n) is 5.94. The summed E-state index contributed by atoms with van der Waals surface area (Å²) in [5, 5.41) is 22.2. The van der Waals surface area contributed by atoms with E-state index < -0.39 is 12.1 Å². The van der Waals surface area contributed by atoms with Crippen LogP contribution in [0.4, 0.5) is 0 Å². The highest BCUT2D eigenvalue weighted by atomic mass is 16.3. The van der Waals surface area contributed by atoms with Gasteiger partial charge in [0.15, 0.2) is 0 Å². The van der Waals surface area contributed by atoms with Crippen molar-refractivity contribution in [2.75, 3.05) is 6.61 Å². The summed E-state index contributed by atoms with van der Waals surface area (Å²) in [5.41, 5.74) is 0. The molecule has 188 valence electrons. The van der Waals surface area contributed by atoms with Gasteiger partial charge in [0.25, 0.3) is 0 Å². The molecule has 32 heavy (non-hydrogen) atoms. The molecule has 4 heteroatoms. The molecular formula is C28H53NO3. The molecule has 0 spiro atoms. The lowest BCUT2D eigenvalue weighted by Gasteiger charge is -2.19. The number of carbonyl (C=O) groups excluding carboxylic acids is 1. The van der Waals surface area contributed by atoms with Gasteiger partial charge < -0.3 is 15.5 Å². The fourth-order valence-corrected chi connectivity index (χ4v) is 3.76. The van der Waals surface area contributed by atoms with Gasteiger partial charge in [0.1, 0.15) is 0 Å². The Morgan fingerprint density at radius 3 is 1.78 bits per heavy atom. The summed E-state index contributed by atoms with van der Waals surface area (Å²) in [7, 11) is 0. The Morgan fingerprint density at radius 2 is 1.22 bits per heavy atom. The van der Waals surface area contributed by atoms with Crippen LogP contribution in [0.1, 0.15) is 129 Å². The SMILES string of the molecule is CCCCCCCCCCCCCC/C=C/CC/C=C/C(O)C(CO)NC(=O)CCCC. The Kier molecular flexibility index (Phi) is 23.6. The van der Waals surface area contributed by atoms with Crippen LogP contribution < -0.4 is 5.32 Å². The van der Waals surface area contributed by atoms with Crippen molar-refractivity contribution < 1.29 is 15.0 Å². The first-order valence-corrected chi connectivity index (χ1v) is 13.6. The van der Waals surface area contributed by atoms with Crippen LogP contribution in [0.2, 0.25) is 0 Å². The summed E-state index contributed by atoms with van der Waals surface area (Å²) in [5.74, 6) is -0.112. The monoisotopic (exact) mass is 451 g/mol. The van der Waals surface area contributed by atoms with Crippen molar-refractivity contribution in [3.8, 4) is 0 Å². The topological polar surface area (TPSA) is 69.6 Å². The molecular weight excluding hydrogens is 398 g/mol. The molecule has 2 atom stereocenters. The standard InChI is InChI=1S/C28H53NO3/c1-3-5-7-8-9-10-11-12-13-14-15-16-17-18-19-20-21-22-23-27(31)26(25-30)29-28(32)24-6-4-2/h18-19,22-23,26-27,30-31H,3-17,20-21,24-25H2,1-2H3,(H,29,32)/b19-18+,23-22+. The van der Waals surface area contributed by atoms with Gasteiger partial charge in [0.2, 0.25) is 5.91 Å². The number of unbranched alkanes of at least 4 members (excludes halogenated alkanes) is 14. The predicted molar refractivity (Wildman–Crippen MR) is 138 cm³/mol. The smallest absolute Gasteiger partial charge is 0.220 e. The summed E-state index contributed by atoms with van der Waals surface area (Å²) < 4.78 is 0. The maximum absolute atomic E-state index is 11.8. The Morgan fingerprint density at radius 1 is 0.719 bits per heavy atom. The van der Waals surface area contributed by atoms with Crippen molar-refractivity contribution in [3.63, 3.8) is 0 Å². The molecule has 0 aromatic rings. The predicted octanol–water partition coefficient (Wildman–Crippen LogP) is 7.00. The Hall–Kier alpha value is -1.13. The molecule has 0 aliphatic heterocycles. The number of aliphatic hydroxyl groups is 2. The van der Waals surface area contributed by atoms with E-state index >= 15 is 0 Å². The number of aliphatic hydroxyl groups excluding tert-OH is 2. The van der Waals surface area contributed by atoms with Crippen LogP contribution in [0, 0.1) is 0 Å². The second kappa shape index (κ2) is 24.5. The molecule has 0 aliphatic carbocycles. The van der Waals surface area contributed by atoms with Crippen molar-refractivity contribution in [1.29, 1.82) is 0 Å². The van der Waals surface area contributed by atoms with Crippen molar-refractivity contribution in [3.05, 3.63) is 24.3 Å². The van der Waals surface area contributed by atoms with Gasteiger partial charge in [-0.05, 0) is 32.1 Å². The number of amides is 1. The van der Waals surface area contributed by atoms with Gasteiger partial charge in [-0.2, -0.15) is 0 Å². The third kappa shape index (κ3) is 20.8. The van der Waals surface area contributed by atoms with Crippen molar-refractivity contribution in [2.24, 2.45) is 0 Å². The average Bonchev–Trinajstić information content (AvgIpc) is 2.80. The maximum Gasteiger partial charge on any atom is 0.220 e. The van der Waals surface area contributed by atoms with Crippen LogP contribution in [0.15, 0.2) is 24.3 Å². The van der Waals surface area contributed by atoms with Gasteiger partial charge in [-0.1, -0.05) is 115 Å². The number of allylic oxidation sites excluding steroid dienone is 3. The fraction of sp³-hybridized carbons (Fsp3) is 0.821. The van der Waals surface area contributed by atoms with Gasteiger partial charge in [-0.3, -0.25) is 4.79 Å². The first-order chi connectivity index (χ1) is 15.7. The van der Waals surface area contributed by atoms with E-state index in [1.807, 2.05) is 13.0 Å². The Balaban J connectivity index is 3.58. The summed E-state index contributed by atoms with van der Waals surface area (Å²) in [6, 6.07) is -0.628. The molecule has 2 unspecified atom stereocenters. The molecule has 0 saturated carbocycles. The number of hydrogen-bond acceptors (Lipinski definition) is 3. The van der Waals surface area contributed by atoms with Crippen molar-refractivity contribution in [1.82, 2.24) is 5.32 Å². The zero-order chi connectivity index (χ0) is 23.7. The summed E-state index contributed by atoms with van der Waals surface area (Å²) in [6.45, 7) is 4.04. The number of carbonyl (C=O) groups is 1. The molecule has 0 heterocycles. The summed E-state index contributed by atoms with van der Waals surface area (Å²) >= 11 is 0. The van der Waals surface area contributed by atoms with Crippen molar-refractivity contribution in [2.45, 2.75) is 142 Å². The fourth-order valence-electron chi connectivity index (χ4n) is 3.76. The normalized spacial score (nSPS) is 13.8. The number of rotatable bonds is 23. The molecule has 0 bridgehead atoms.